The number of hydrogen-bond donors (Lipinski definition) is 0. The van der Waals surface area contributed by atoms with Gasteiger partial charge in [-0.3, -0.25) is 4.79 Å². The second-order valence-corrected chi connectivity index (χ2v) is 10.1. The van der Waals surface area contributed by atoms with E-state index in [1.165, 1.54) is 50.6 Å². The van der Waals surface area contributed by atoms with Gasteiger partial charge in [0.1, 0.15) is 5.69 Å². The topological polar surface area (TPSA) is 36.4 Å². The van der Waals surface area contributed by atoms with Gasteiger partial charge in [0.05, 0.1) is 20.8 Å². The molecule has 1 saturated heterocycles. The zero-order chi connectivity index (χ0) is 21.8. The van der Waals surface area contributed by atoms with Crippen LogP contribution in [-0.4, -0.2) is 32.2 Å². The standard InChI is InChI=1S/C26H35N3OS/c1-4-5-6-7-9-12-19-17-22-26(24(25(19)30)28(2)3)31-23-18-20(13-14-21(23)27-22)29-15-10-8-11-16-29/h13-14,17-18H,4-12,15-16H2,1-3H3. The van der Waals surface area contributed by atoms with Gasteiger partial charge in [-0.25, -0.2) is 4.98 Å². The van der Waals surface area contributed by atoms with Crippen LogP contribution in [0.5, 0.6) is 0 Å². The van der Waals surface area contributed by atoms with Crippen LogP contribution in [0.2, 0.25) is 0 Å². The Kier molecular flexibility index (Phi) is 7.11. The largest absolute Gasteiger partial charge is 0.373 e. The fourth-order valence-corrected chi connectivity index (χ4v) is 5.83. The first-order valence-corrected chi connectivity index (χ1v) is 12.7. The van der Waals surface area contributed by atoms with Gasteiger partial charge in [0.15, 0.2) is 0 Å². The third-order valence-corrected chi connectivity index (χ3v) is 7.53. The molecule has 1 aromatic rings. The summed E-state index contributed by atoms with van der Waals surface area (Å²) in [5.41, 5.74) is 5.14. The molecule has 0 N–H and O–H groups in total. The molecular weight excluding hydrogens is 402 g/mol. The van der Waals surface area contributed by atoms with Crippen LogP contribution in [0, 0.1) is 0 Å². The molecule has 0 atom stereocenters. The third kappa shape index (κ3) is 4.87. The van der Waals surface area contributed by atoms with E-state index in [0.29, 0.717) is 0 Å². The van der Waals surface area contributed by atoms with Crippen molar-refractivity contribution in [3.05, 3.63) is 40.1 Å². The van der Waals surface area contributed by atoms with Crippen LogP contribution < -0.4 is 15.2 Å². The van der Waals surface area contributed by atoms with E-state index in [4.69, 9.17) is 4.98 Å². The van der Waals surface area contributed by atoms with Crippen molar-refractivity contribution < 1.29 is 0 Å². The van der Waals surface area contributed by atoms with Crippen LogP contribution in [-0.2, 0) is 6.42 Å². The first-order chi connectivity index (χ1) is 15.1. The SMILES string of the molecule is CCCCCCCc1cc2nc3ccc(N4CCCCC4)cc3sc-2c(N(C)C)c1=O. The molecule has 1 fully saturated rings. The zero-order valence-corrected chi connectivity index (χ0v) is 20.1. The number of piperidine rings is 1. The quantitative estimate of drug-likeness (QED) is 0.305. The molecule has 0 saturated carbocycles. The molecule has 0 spiro atoms. The minimum Gasteiger partial charge on any atom is -0.373 e. The number of unbranched alkanes of at least 4 members (excludes halogenated alkanes) is 4. The molecule has 4 rings (SSSR count). The van der Waals surface area contributed by atoms with Gasteiger partial charge in [0.2, 0.25) is 5.43 Å². The second-order valence-electron chi connectivity index (χ2n) is 9.03. The predicted octanol–water partition coefficient (Wildman–Crippen LogP) is 6.33. The van der Waals surface area contributed by atoms with E-state index in [1.807, 2.05) is 19.0 Å². The fourth-order valence-electron chi connectivity index (χ4n) is 4.63. The molecule has 0 bridgehead atoms. The van der Waals surface area contributed by atoms with E-state index in [9.17, 15) is 4.79 Å². The van der Waals surface area contributed by atoms with Gasteiger partial charge in [-0.1, -0.05) is 32.6 Å². The molecule has 5 heteroatoms. The van der Waals surface area contributed by atoms with E-state index < -0.39 is 0 Å². The highest BCUT2D eigenvalue weighted by Gasteiger charge is 2.21. The van der Waals surface area contributed by atoms with Crippen molar-refractivity contribution in [2.75, 3.05) is 37.0 Å². The third-order valence-electron chi connectivity index (χ3n) is 6.38. The lowest BCUT2D eigenvalue weighted by Gasteiger charge is -2.29. The van der Waals surface area contributed by atoms with Crippen LogP contribution in [0.3, 0.4) is 0 Å². The van der Waals surface area contributed by atoms with Crippen molar-refractivity contribution in [3.8, 4) is 10.6 Å². The number of aryl methyl sites for hydroxylation is 1. The van der Waals surface area contributed by atoms with Crippen molar-refractivity contribution in [1.82, 2.24) is 4.98 Å². The number of anilines is 2. The lowest BCUT2D eigenvalue weighted by Crippen LogP contribution is -2.29. The Morgan fingerprint density at radius 3 is 2.55 bits per heavy atom. The molecular formula is C26H35N3OS. The number of aromatic nitrogens is 1. The molecule has 4 nitrogen and oxygen atoms in total. The molecule has 0 unspecified atom stereocenters. The van der Waals surface area contributed by atoms with Crippen LogP contribution in [0.15, 0.2) is 29.1 Å². The van der Waals surface area contributed by atoms with Gasteiger partial charge in [-0.15, -0.1) is 11.3 Å². The number of fused-ring (bicyclic) bond motifs is 2. The lowest BCUT2D eigenvalue weighted by molar-refractivity contribution is 0.578. The summed E-state index contributed by atoms with van der Waals surface area (Å²) in [6.45, 7) is 4.49. The summed E-state index contributed by atoms with van der Waals surface area (Å²) in [5, 5.41) is 0. The highest BCUT2D eigenvalue weighted by atomic mass is 32.1. The van der Waals surface area contributed by atoms with Gasteiger partial charge in [0.25, 0.3) is 0 Å². The summed E-state index contributed by atoms with van der Waals surface area (Å²) in [6.07, 6.45) is 10.7. The average Bonchev–Trinajstić information content (AvgIpc) is 2.78. The molecule has 31 heavy (non-hydrogen) atoms. The normalized spacial score (nSPS) is 14.5. The van der Waals surface area contributed by atoms with Gasteiger partial charge in [-0.05, 0) is 56.4 Å². The Labute approximate surface area is 190 Å². The smallest absolute Gasteiger partial charge is 0.206 e. The zero-order valence-electron chi connectivity index (χ0n) is 19.2. The van der Waals surface area contributed by atoms with Crippen molar-refractivity contribution in [2.24, 2.45) is 0 Å². The number of rotatable bonds is 8. The monoisotopic (exact) mass is 437 g/mol. The van der Waals surface area contributed by atoms with Crippen molar-refractivity contribution >= 4 is 32.9 Å². The van der Waals surface area contributed by atoms with Gasteiger partial charge >= 0.3 is 0 Å². The van der Waals surface area contributed by atoms with E-state index in [-0.39, 0.29) is 5.43 Å². The highest BCUT2D eigenvalue weighted by molar-refractivity contribution is 7.22. The van der Waals surface area contributed by atoms with Crippen molar-refractivity contribution in [3.63, 3.8) is 0 Å². The van der Waals surface area contributed by atoms with Crippen LogP contribution >= 0.6 is 11.3 Å². The predicted molar refractivity (Wildman–Crippen MR) is 135 cm³/mol. The van der Waals surface area contributed by atoms with Crippen LogP contribution in [0.25, 0.3) is 20.8 Å². The summed E-state index contributed by atoms with van der Waals surface area (Å²) in [6, 6.07) is 8.69. The van der Waals surface area contributed by atoms with E-state index in [2.05, 4.69) is 36.1 Å². The maximum atomic E-state index is 13.3. The average molecular weight is 438 g/mol. The molecule has 0 radical (unpaired) electrons. The Morgan fingerprint density at radius 1 is 1.03 bits per heavy atom. The molecule has 1 aliphatic carbocycles. The number of hydrogen-bond acceptors (Lipinski definition) is 5. The number of benzene rings is 2. The highest BCUT2D eigenvalue weighted by Crippen LogP contribution is 2.38. The molecule has 2 heterocycles. The summed E-state index contributed by atoms with van der Waals surface area (Å²) in [5.74, 6) is 0. The minimum atomic E-state index is 0.178. The molecule has 3 aliphatic rings. The molecule has 166 valence electrons. The number of nitrogens with zero attached hydrogens (tertiary/aromatic N) is 3. The minimum absolute atomic E-state index is 0.178. The summed E-state index contributed by atoms with van der Waals surface area (Å²) in [7, 11) is 3.95. The maximum absolute atomic E-state index is 13.3. The first-order valence-electron chi connectivity index (χ1n) is 11.9. The second kappa shape index (κ2) is 9.99. The van der Waals surface area contributed by atoms with Gasteiger partial charge in [-0.2, -0.15) is 0 Å². The van der Waals surface area contributed by atoms with Crippen LogP contribution in [0.4, 0.5) is 11.4 Å². The maximum Gasteiger partial charge on any atom is 0.206 e. The molecule has 0 amide bonds. The van der Waals surface area contributed by atoms with Crippen molar-refractivity contribution in [1.29, 1.82) is 0 Å². The van der Waals surface area contributed by atoms with Crippen molar-refractivity contribution in [2.45, 2.75) is 64.7 Å². The van der Waals surface area contributed by atoms with Gasteiger partial charge < -0.3 is 9.80 Å². The van der Waals surface area contributed by atoms with Crippen LogP contribution in [0.1, 0.15) is 63.9 Å². The Morgan fingerprint density at radius 2 is 1.81 bits per heavy atom. The van der Waals surface area contributed by atoms with E-state index >= 15 is 0 Å². The summed E-state index contributed by atoms with van der Waals surface area (Å²) < 4.78 is 1.16. The van der Waals surface area contributed by atoms with E-state index in [1.54, 1.807) is 11.3 Å². The molecule has 0 aromatic heterocycles. The summed E-state index contributed by atoms with van der Waals surface area (Å²) in [4.78, 5) is 23.8. The Bertz CT molecular complexity index is 1050. The molecule has 1 aromatic carbocycles. The van der Waals surface area contributed by atoms with E-state index in [0.717, 1.165) is 58.0 Å². The lowest BCUT2D eigenvalue weighted by atomic mass is 10.0. The summed E-state index contributed by atoms with van der Waals surface area (Å²) >= 11 is 1.71. The van der Waals surface area contributed by atoms with Gasteiger partial charge in [0, 0.05) is 38.4 Å². The first kappa shape index (κ1) is 22.1. The Balaban J connectivity index is 1.72. The fraction of sp³-hybridized carbons (Fsp3) is 0.538. The molecule has 2 aliphatic heterocycles. The Hall–Kier alpha value is -2.14.